The second-order valence-electron chi connectivity index (χ2n) is 14.8. The molecule has 2 heteroatoms. The lowest BCUT2D eigenvalue weighted by atomic mass is 9.81. The molecule has 242 valence electrons. The molecule has 0 aliphatic rings. The molecule has 0 aliphatic heterocycles. The highest BCUT2D eigenvalue weighted by atomic mass is 16.3. The van der Waals surface area contributed by atoms with Crippen molar-refractivity contribution < 1.29 is 4.42 Å². The minimum Gasteiger partial charge on any atom is -0.455 e. The molecule has 0 bridgehead atoms. The molecular formula is C49H35NO. The molecule has 0 amide bonds. The number of para-hydroxylation sites is 2. The Hall–Kier alpha value is -6.25. The van der Waals surface area contributed by atoms with Crippen LogP contribution in [0.1, 0.15) is 26.3 Å². The van der Waals surface area contributed by atoms with Crippen LogP contribution in [0.3, 0.4) is 0 Å². The van der Waals surface area contributed by atoms with Gasteiger partial charge >= 0.3 is 0 Å². The monoisotopic (exact) mass is 653 g/mol. The van der Waals surface area contributed by atoms with Crippen molar-refractivity contribution in [1.82, 2.24) is 4.98 Å². The number of benzene rings is 8. The van der Waals surface area contributed by atoms with E-state index < -0.39 is 0 Å². The van der Waals surface area contributed by atoms with Crippen molar-refractivity contribution in [2.75, 3.05) is 0 Å². The van der Waals surface area contributed by atoms with E-state index in [1.807, 2.05) is 30.5 Å². The minimum absolute atomic E-state index is 0.0601. The molecule has 0 aliphatic carbocycles. The van der Waals surface area contributed by atoms with Crippen LogP contribution in [-0.2, 0) is 5.41 Å². The Bertz CT molecular complexity index is 2890. The topological polar surface area (TPSA) is 26.0 Å². The van der Waals surface area contributed by atoms with E-state index in [1.54, 1.807) is 0 Å². The molecule has 51 heavy (non-hydrogen) atoms. The summed E-state index contributed by atoms with van der Waals surface area (Å²) in [7, 11) is 0. The van der Waals surface area contributed by atoms with Crippen LogP contribution in [0.5, 0.6) is 0 Å². The van der Waals surface area contributed by atoms with Crippen LogP contribution < -0.4 is 0 Å². The first-order valence-corrected chi connectivity index (χ1v) is 17.7. The second kappa shape index (κ2) is 11.1. The van der Waals surface area contributed by atoms with E-state index in [9.17, 15) is 0 Å². The molecule has 0 spiro atoms. The van der Waals surface area contributed by atoms with Crippen molar-refractivity contribution in [2.45, 2.75) is 26.2 Å². The predicted octanol–water partition coefficient (Wildman–Crippen LogP) is 13.8. The molecule has 0 radical (unpaired) electrons. The van der Waals surface area contributed by atoms with Crippen LogP contribution in [-0.4, -0.2) is 4.98 Å². The number of hydrogen-bond donors (Lipinski definition) is 0. The third-order valence-electron chi connectivity index (χ3n) is 10.6. The van der Waals surface area contributed by atoms with E-state index in [2.05, 4.69) is 153 Å². The Labute approximate surface area is 297 Å². The van der Waals surface area contributed by atoms with Gasteiger partial charge in [-0.05, 0) is 95.4 Å². The number of nitrogens with zero attached hydrogens (tertiary/aromatic N) is 1. The second-order valence-corrected chi connectivity index (χ2v) is 14.8. The van der Waals surface area contributed by atoms with Crippen molar-refractivity contribution in [3.05, 3.63) is 163 Å². The van der Waals surface area contributed by atoms with Gasteiger partial charge in [0.15, 0.2) is 0 Å². The maximum Gasteiger partial charge on any atom is 0.143 e. The van der Waals surface area contributed by atoms with Crippen LogP contribution in [0.15, 0.2) is 162 Å². The quantitative estimate of drug-likeness (QED) is 0.177. The van der Waals surface area contributed by atoms with Gasteiger partial charge in [-0.25, -0.2) is 0 Å². The summed E-state index contributed by atoms with van der Waals surface area (Å²) in [6, 6.07) is 55.2. The molecular weight excluding hydrogens is 619 g/mol. The van der Waals surface area contributed by atoms with Crippen molar-refractivity contribution >= 4 is 54.3 Å². The molecule has 0 saturated carbocycles. The van der Waals surface area contributed by atoms with Gasteiger partial charge in [-0.1, -0.05) is 148 Å². The Kier molecular flexibility index (Phi) is 6.47. The summed E-state index contributed by atoms with van der Waals surface area (Å²) in [4.78, 5) is 4.59. The fourth-order valence-corrected chi connectivity index (χ4v) is 7.98. The zero-order valence-corrected chi connectivity index (χ0v) is 28.9. The van der Waals surface area contributed by atoms with E-state index in [4.69, 9.17) is 4.42 Å². The van der Waals surface area contributed by atoms with E-state index >= 15 is 0 Å². The van der Waals surface area contributed by atoms with E-state index in [1.165, 1.54) is 60.1 Å². The number of fused-ring (bicyclic) bond motifs is 3. The van der Waals surface area contributed by atoms with Gasteiger partial charge < -0.3 is 4.42 Å². The Morgan fingerprint density at radius 2 is 1.04 bits per heavy atom. The molecule has 0 unspecified atom stereocenters. The smallest absolute Gasteiger partial charge is 0.143 e. The first-order chi connectivity index (χ1) is 24.9. The summed E-state index contributed by atoms with van der Waals surface area (Å²) in [5, 5.41) is 10.1. The van der Waals surface area contributed by atoms with Gasteiger partial charge in [0, 0.05) is 28.1 Å². The fraction of sp³-hybridized carbons (Fsp3) is 0.0816. The highest BCUT2D eigenvalue weighted by Crippen LogP contribution is 2.46. The SMILES string of the molecule is CC(C)(C)c1cc2ccc3c(-c4ccc(-c5ccccn5)cc4)cc(-c4ccc(-c5cccc6c5oc5ccccc56)cc4)c4ccc(c1)c2c34. The summed E-state index contributed by atoms with van der Waals surface area (Å²) in [5.74, 6) is 0. The third kappa shape index (κ3) is 4.75. The Morgan fingerprint density at radius 1 is 0.451 bits per heavy atom. The fourth-order valence-electron chi connectivity index (χ4n) is 7.98. The average Bonchev–Trinajstić information content (AvgIpc) is 3.56. The van der Waals surface area contributed by atoms with E-state index in [0.29, 0.717) is 0 Å². The van der Waals surface area contributed by atoms with Crippen LogP contribution >= 0.6 is 0 Å². The molecule has 10 aromatic rings. The van der Waals surface area contributed by atoms with E-state index in [-0.39, 0.29) is 5.41 Å². The van der Waals surface area contributed by atoms with Gasteiger partial charge in [0.1, 0.15) is 11.2 Å². The van der Waals surface area contributed by atoms with Crippen LogP contribution in [0.4, 0.5) is 0 Å². The van der Waals surface area contributed by atoms with Gasteiger partial charge in [0.25, 0.3) is 0 Å². The molecule has 2 heterocycles. The lowest BCUT2D eigenvalue weighted by molar-refractivity contribution is 0.591. The van der Waals surface area contributed by atoms with Gasteiger partial charge in [-0.3, -0.25) is 4.98 Å². The first-order valence-electron chi connectivity index (χ1n) is 17.7. The summed E-state index contributed by atoms with van der Waals surface area (Å²) in [5.41, 5.74) is 12.4. The van der Waals surface area contributed by atoms with Crippen molar-refractivity contribution in [3.63, 3.8) is 0 Å². The van der Waals surface area contributed by atoms with Crippen LogP contribution in [0.2, 0.25) is 0 Å². The average molecular weight is 654 g/mol. The normalized spacial score (nSPS) is 12.2. The number of aromatic nitrogens is 1. The number of rotatable bonds is 4. The Morgan fingerprint density at radius 3 is 1.67 bits per heavy atom. The lowest BCUT2D eigenvalue weighted by Gasteiger charge is -2.23. The Balaban J connectivity index is 1.18. The molecule has 0 N–H and O–H groups in total. The van der Waals surface area contributed by atoms with Gasteiger partial charge in [0.2, 0.25) is 0 Å². The summed E-state index contributed by atoms with van der Waals surface area (Å²) in [6.07, 6.45) is 1.85. The molecule has 2 aromatic heterocycles. The van der Waals surface area contributed by atoms with Crippen molar-refractivity contribution in [2.24, 2.45) is 0 Å². The molecule has 0 saturated heterocycles. The lowest BCUT2D eigenvalue weighted by Crippen LogP contribution is -2.10. The molecule has 10 rings (SSSR count). The van der Waals surface area contributed by atoms with Crippen LogP contribution in [0, 0.1) is 0 Å². The summed E-state index contributed by atoms with van der Waals surface area (Å²) < 4.78 is 6.40. The summed E-state index contributed by atoms with van der Waals surface area (Å²) >= 11 is 0. The maximum absolute atomic E-state index is 6.40. The van der Waals surface area contributed by atoms with Gasteiger partial charge in [-0.15, -0.1) is 0 Å². The standard InChI is InChI=1S/C49H35NO/c1-49(2,3)36-27-34-22-24-39-42(31-16-14-30(15-17-31)37-10-8-11-41-38-9-4-5-13-45(38)51-48(37)41)29-43(40-25-23-35(28-36)46(34)47(39)40)32-18-20-33(21-19-32)44-12-6-7-26-50-44/h4-29H,1-3H3. The number of furan rings is 1. The largest absolute Gasteiger partial charge is 0.455 e. The van der Waals surface area contributed by atoms with Gasteiger partial charge in [0.05, 0.1) is 5.69 Å². The zero-order chi connectivity index (χ0) is 34.3. The van der Waals surface area contributed by atoms with Crippen LogP contribution in [0.25, 0.3) is 98.9 Å². The highest BCUT2D eigenvalue weighted by molar-refractivity contribution is 6.28. The maximum atomic E-state index is 6.40. The summed E-state index contributed by atoms with van der Waals surface area (Å²) in [6.45, 7) is 6.88. The number of hydrogen-bond acceptors (Lipinski definition) is 2. The zero-order valence-electron chi connectivity index (χ0n) is 28.9. The molecule has 2 nitrogen and oxygen atoms in total. The van der Waals surface area contributed by atoms with E-state index in [0.717, 1.165) is 44.3 Å². The van der Waals surface area contributed by atoms with Crippen molar-refractivity contribution in [3.8, 4) is 44.6 Å². The minimum atomic E-state index is 0.0601. The molecule has 8 aromatic carbocycles. The number of pyridine rings is 1. The predicted molar refractivity (Wildman–Crippen MR) is 216 cm³/mol. The molecule has 0 atom stereocenters. The molecule has 0 fully saturated rings. The van der Waals surface area contributed by atoms with Crippen molar-refractivity contribution in [1.29, 1.82) is 0 Å². The first kappa shape index (κ1) is 29.6. The highest BCUT2D eigenvalue weighted by Gasteiger charge is 2.21. The third-order valence-corrected chi connectivity index (χ3v) is 10.6. The van der Waals surface area contributed by atoms with Gasteiger partial charge in [-0.2, -0.15) is 0 Å².